The summed E-state index contributed by atoms with van der Waals surface area (Å²) in [5.41, 5.74) is 0. The summed E-state index contributed by atoms with van der Waals surface area (Å²) in [6.45, 7) is 2.43. The Bertz CT molecular complexity index is 359. The number of aryl methyl sites for hydroxylation is 1. The predicted molar refractivity (Wildman–Crippen MR) is 57.9 cm³/mol. The Morgan fingerprint density at radius 2 is 2.38 bits per heavy atom. The lowest BCUT2D eigenvalue weighted by atomic mass is 10.3. The highest BCUT2D eigenvalue weighted by atomic mass is 16.5. The van der Waals surface area contributed by atoms with E-state index in [2.05, 4.69) is 20.8 Å². The van der Waals surface area contributed by atoms with Crippen LogP contribution in [0.15, 0.2) is 4.52 Å². The van der Waals surface area contributed by atoms with Gasteiger partial charge in [0, 0.05) is 19.0 Å². The lowest BCUT2D eigenvalue weighted by Gasteiger charge is -2.02. The summed E-state index contributed by atoms with van der Waals surface area (Å²) in [5, 5.41) is 9.56. The van der Waals surface area contributed by atoms with Gasteiger partial charge in [-0.05, 0) is 26.2 Å². The molecule has 1 heterocycles. The molecular weight excluding hydrogens is 208 g/mol. The van der Waals surface area contributed by atoms with Crippen molar-refractivity contribution in [2.24, 2.45) is 0 Å². The minimum absolute atomic E-state index is 0.131. The van der Waals surface area contributed by atoms with Crippen molar-refractivity contribution in [3.63, 3.8) is 0 Å². The normalized spacial score (nSPS) is 14.8. The highest BCUT2D eigenvalue weighted by Crippen LogP contribution is 2.18. The van der Waals surface area contributed by atoms with Gasteiger partial charge in [-0.25, -0.2) is 0 Å². The number of carbonyl (C=O) groups excluding carboxylic acids is 1. The number of hydrogen-bond donors (Lipinski definition) is 2. The van der Waals surface area contributed by atoms with Crippen LogP contribution in [0.5, 0.6) is 0 Å². The van der Waals surface area contributed by atoms with Gasteiger partial charge in [0.15, 0.2) is 5.82 Å². The summed E-state index contributed by atoms with van der Waals surface area (Å²) < 4.78 is 4.87. The van der Waals surface area contributed by atoms with Gasteiger partial charge in [0.1, 0.15) is 0 Å². The lowest BCUT2D eigenvalue weighted by molar-refractivity contribution is -0.121. The molecule has 6 heteroatoms. The summed E-state index contributed by atoms with van der Waals surface area (Å²) in [7, 11) is 0. The molecule has 1 fully saturated rings. The highest BCUT2D eigenvalue weighted by molar-refractivity contribution is 5.76. The highest BCUT2D eigenvalue weighted by Gasteiger charge is 2.22. The number of rotatable bonds is 6. The number of nitrogens with one attached hydrogen (secondary N) is 2. The molecule has 1 aliphatic carbocycles. The molecule has 0 aromatic carbocycles. The van der Waals surface area contributed by atoms with E-state index in [1.54, 1.807) is 6.92 Å². The van der Waals surface area contributed by atoms with Gasteiger partial charge in [0.25, 0.3) is 0 Å². The third kappa shape index (κ3) is 3.52. The molecule has 0 spiro atoms. The van der Waals surface area contributed by atoms with Gasteiger partial charge in [-0.15, -0.1) is 0 Å². The first-order valence-corrected chi connectivity index (χ1v) is 5.57. The van der Waals surface area contributed by atoms with E-state index in [-0.39, 0.29) is 5.91 Å². The molecule has 1 amide bonds. The molecule has 16 heavy (non-hydrogen) atoms. The van der Waals surface area contributed by atoms with Crippen LogP contribution in [0.4, 0.5) is 6.01 Å². The molecule has 1 aliphatic rings. The number of hydrogen-bond acceptors (Lipinski definition) is 5. The topological polar surface area (TPSA) is 80.0 Å². The zero-order chi connectivity index (χ0) is 11.4. The molecule has 2 rings (SSSR count). The van der Waals surface area contributed by atoms with Gasteiger partial charge in [-0.3, -0.25) is 4.79 Å². The van der Waals surface area contributed by atoms with Crippen molar-refractivity contribution >= 4 is 11.9 Å². The molecule has 0 saturated heterocycles. The molecule has 2 N–H and O–H groups in total. The summed E-state index contributed by atoms with van der Waals surface area (Å²) in [5.74, 6) is 0.736. The summed E-state index contributed by atoms with van der Waals surface area (Å²) >= 11 is 0. The molecule has 1 aromatic heterocycles. The molecule has 0 aliphatic heterocycles. The molecular formula is C10H16N4O2. The Morgan fingerprint density at radius 1 is 1.56 bits per heavy atom. The fraction of sp³-hybridized carbons (Fsp3) is 0.700. The van der Waals surface area contributed by atoms with Crippen LogP contribution in [-0.2, 0) is 4.79 Å². The van der Waals surface area contributed by atoms with Crippen molar-refractivity contribution in [3.8, 4) is 0 Å². The van der Waals surface area contributed by atoms with Crippen LogP contribution in [0.25, 0.3) is 0 Å². The first-order chi connectivity index (χ1) is 7.74. The fourth-order valence-electron chi connectivity index (χ4n) is 1.34. The third-order valence-electron chi connectivity index (χ3n) is 2.33. The number of nitrogens with zero attached hydrogens (tertiary/aromatic N) is 2. The zero-order valence-corrected chi connectivity index (χ0v) is 9.32. The average molecular weight is 224 g/mol. The minimum Gasteiger partial charge on any atom is -0.353 e. The number of amides is 1. The van der Waals surface area contributed by atoms with E-state index in [1.807, 2.05) is 0 Å². The van der Waals surface area contributed by atoms with Gasteiger partial charge in [-0.2, -0.15) is 4.98 Å². The molecule has 1 saturated carbocycles. The van der Waals surface area contributed by atoms with E-state index in [0.29, 0.717) is 30.8 Å². The Hall–Kier alpha value is -1.59. The van der Waals surface area contributed by atoms with E-state index < -0.39 is 0 Å². The van der Waals surface area contributed by atoms with Crippen LogP contribution in [0.3, 0.4) is 0 Å². The largest absolute Gasteiger partial charge is 0.353 e. The van der Waals surface area contributed by atoms with E-state index in [1.165, 1.54) is 0 Å². The van der Waals surface area contributed by atoms with Crippen molar-refractivity contribution in [2.75, 3.05) is 11.9 Å². The maximum atomic E-state index is 11.3. The zero-order valence-electron chi connectivity index (χ0n) is 9.32. The second-order valence-electron chi connectivity index (χ2n) is 4.02. The Morgan fingerprint density at radius 3 is 3.00 bits per heavy atom. The summed E-state index contributed by atoms with van der Waals surface area (Å²) in [6, 6.07) is 0.860. The fourth-order valence-corrected chi connectivity index (χ4v) is 1.34. The van der Waals surface area contributed by atoms with E-state index in [4.69, 9.17) is 4.52 Å². The maximum Gasteiger partial charge on any atom is 0.321 e. The first kappa shape index (κ1) is 10.9. The van der Waals surface area contributed by atoms with Crippen LogP contribution >= 0.6 is 0 Å². The van der Waals surface area contributed by atoms with E-state index in [9.17, 15) is 4.79 Å². The quantitative estimate of drug-likeness (QED) is 0.700. The maximum absolute atomic E-state index is 11.3. The molecule has 0 bridgehead atoms. The Kier molecular flexibility index (Phi) is 3.38. The molecule has 0 unspecified atom stereocenters. The second kappa shape index (κ2) is 4.96. The van der Waals surface area contributed by atoms with Crippen LogP contribution in [0.1, 0.15) is 31.5 Å². The molecule has 0 radical (unpaired) electrons. The molecule has 88 valence electrons. The smallest absolute Gasteiger partial charge is 0.321 e. The van der Waals surface area contributed by atoms with Gasteiger partial charge in [0.05, 0.1) is 0 Å². The molecule has 6 nitrogen and oxygen atoms in total. The van der Waals surface area contributed by atoms with Crippen molar-refractivity contribution in [1.29, 1.82) is 0 Å². The first-order valence-electron chi connectivity index (χ1n) is 5.57. The van der Waals surface area contributed by atoms with E-state index in [0.717, 1.165) is 19.3 Å². The van der Waals surface area contributed by atoms with Gasteiger partial charge < -0.3 is 15.2 Å². The summed E-state index contributed by atoms with van der Waals surface area (Å²) in [6.07, 6.45) is 3.56. The number of anilines is 1. The third-order valence-corrected chi connectivity index (χ3v) is 2.33. The molecule has 1 aromatic rings. The van der Waals surface area contributed by atoms with Crippen LogP contribution in [0, 0.1) is 6.92 Å². The van der Waals surface area contributed by atoms with Gasteiger partial charge in [0.2, 0.25) is 5.91 Å². The van der Waals surface area contributed by atoms with Crippen LogP contribution in [0.2, 0.25) is 0 Å². The number of aromatic nitrogens is 2. The molecule has 0 atom stereocenters. The van der Waals surface area contributed by atoms with Crippen LogP contribution in [-0.4, -0.2) is 28.6 Å². The van der Waals surface area contributed by atoms with Gasteiger partial charge in [-0.1, -0.05) is 5.16 Å². The second-order valence-corrected chi connectivity index (χ2v) is 4.02. The summed E-state index contributed by atoms with van der Waals surface area (Å²) in [4.78, 5) is 15.3. The average Bonchev–Trinajstić information content (AvgIpc) is 2.95. The van der Waals surface area contributed by atoms with Gasteiger partial charge >= 0.3 is 6.01 Å². The van der Waals surface area contributed by atoms with Crippen molar-refractivity contribution in [3.05, 3.63) is 5.82 Å². The Labute approximate surface area is 93.8 Å². The monoisotopic (exact) mass is 224 g/mol. The lowest BCUT2D eigenvalue weighted by Crippen LogP contribution is -2.25. The van der Waals surface area contributed by atoms with Crippen molar-refractivity contribution in [2.45, 2.75) is 38.6 Å². The van der Waals surface area contributed by atoms with Crippen molar-refractivity contribution < 1.29 is 9.32 Å². The minimum atomic E-state index is 0.131. The van der Waals surface area contributed by atoms with Crippen molar-refractivity contribution in [1.82, 2.24) is 15.5 Å². The van der Waals surface area contributed by atoms with E-state index >= 15 is 0 Å². The van der Waals surface area contributed by atoms with Crippen LogP contribution < -0.4 is 10.6 Å². The SMILES string of the molecule is Cc1noc(NCCCC(=O)NC2CC2)n1. The number of carbonyl (C=O) groups is 1. The predicted octanol–water partition coefficient (Wildman–Crippen LogP) is 0.849. The standard InChI is InChI=1S/C10H16N4O2/c1-7-12-10(16-14-7)11-6-2-3-9(15)13-8-4-5-8/h8H,2-6H2,1H3,(H,13,15)(H,11,12,14). The Balaban J connectivity index is 1.55.